The van der Waals surface area contributed by atoms with Gasteiger partial charge in [0, 0.05) is 19.0 Å². The van der Waals surface area contributed by atoms with Crippen LogP contribution in [-0.4, -0.2) is 36.4 Å². The van der Waals surface area contributed by atoms with E-state index in [0.717, 1.165) is 4.90 Å². The number of thioether (sulfide) groups is 1. The van der Waals surface area contributed by atoms with Gasteiger partial charge in [-0.1, -0.05) is 6.07 Å². The highest BCUT2D eigenvalue weighted by Crippen LogP contribution is 2.27. The van der Waals surface area contributed by atoms with E-state index in [4.69, 9.17) is 5.11 Å². The predicted molar refractivity (Wildman–Crippen MR) is 62.5 cm³/mol. The van der Waals surface area contributed by atoms with Gasteiger partial charge in [-0.25, -0.2) is 9.80 Å². The molecule has 0 radical (unpaired) electrons. The highest BCUT2D eigenvalue weighted by atomic mass is 32.2. The predicted octanol–water partition coefficient (Wildman–Crippen LogP) is 2.00. The van der Waals surface area contributed by atoms with Gasteiger partial charge in [-0.05, 0) is 18.4 Å². The fraction of sp³-hybridized carbons (Fsp3) is 0.300. The normalized spacial score (nSPS) is 10.4. The zero-order valence-electron chi connectivity index (χ0n) is 8.94. The average molecular weight is 226 g/mol. The number of rotatable bonds is 4. The van der Waals surface area contributed by atoms with Crippen molar-refractivity contribution in [2.45, 2.75) is 4.90 Å². The van der Waals surface area contributed by atoms with Crippen LogP contribution in [0.5, 0.6) is 0 Å². The van der Waals surface area contributed by atoms with Crippen molar-refractivity contribution in [1.29, 1.82) is 0 Å². The van der Waals surface area contributed by atoms with E-state index in [-0.39, 0.29) is 0 Å². The average Bonchev–Trinajstić information content (AvgIpc) is 2.15. The summed E-state index contributed by atoms with van der Waals surface area (Å²) in [6.07, 6.45) is 1.86. The molecule has 0 aliphatic heterocycles. The quantitative estimate of drug-likeness (QED) is 0.607. The summed E-state index contributed by atoms with van der Waals surface area (Å²) in [5.74, 6) is -0.913. The minimum Gasteiger partial charge on any atom is -0.478 e. The fourth-order valence-corrected chi connectivity index (χ4v) is 1.87. The summed E-state index contributed by atoms with van der Waals surface area (Å²) < 4.78 is 0. The third-order valence-corrected chi connectivity index (χ3v) is 2.58. The third kappa shape index (κ3) is 2.87. The van der Waals surface area contributed by atoms with Gasteiger partial charge in [0.2, 0.25) is 0 Å². The van der Waals surface area contributed by atoms with E-state index < -0.39 is 5.97 Å². The largest absolute Gasteiger partial charge is 0.478 e. The number of carboxylic acid groups (broad SMARTS) is 1. The molecule has 0 bridgehead atoms. The molecule has 1 aromatic rings. The first-order valence-corrected chi connectivity index (χ1v) is 5.63. The van der Waals surface area contributed by atoms with Crippen molar-refractivity contribution in [2.24, 2.45) is 0 Å². The van der Waals surface area contributed by atoms with Crippen molar-refractivity contribution in [1.82, 2.24) is 5.01 Å². The number of aromatic carboxylic acids is 1. The zero-order chi connectivity index (χ0) is 11.4. The molecule has 0 heterocycles. The molecule has 82 valence electrons. The maximum atomic E-state index is 11.1. The number of nitrogens with zero attached hydrogens (tertiary/aromatic N) is 1. The molecule has 0 saturated heterocycles. The van der Waals surface area contributed by atoms with E-state index in [9.17, 15) is 4.79 Å². The number of nitrogens with one attached hydrogen (secondary N) is 1. The van der Waals surface area contributed by atoms with E-state index in [1.807, 2.05) is 26.4 Å². The number of anilines is 1. The Bertz CT molecular complexity index is 366. The third-order valence-electron chi connectivity index (χ3n) is 1.80. The van der Waals surface area contributed by atoms with Crippen LogP contribution in [0.25, 0.3) is 0 Å². The molecule has 0 aromatic heterocycles. The molecular weight excluding hydrogens is 212 g/mol. The van der Waals surface area contributed by atoms with Gasteiger partial charge in [0.15, 0.2) is 0 Å². The van der Waals surface area contributed by atoms with Gasteiger partial charge in [0.1, 0.15) is 0 Å². The number of hydrogen-bond acceptors (Lipinski definition) is 4. The molecular formula is C10H14N2O2S. The molecule has 0 amide bonds. The van der Waals surface area contributed by atoms with E-state index in [0.29, 0.717) is 11.3 Å². The molecule has 15 heavy (non-hydrogen) atoms. The number of hydrogen-bond donors (Lipinski definition) is 2. The van der Waals surface area contributed by atoms with Crippen molar-refractivity contribution in [2.75, 3.05) is 25.8 Å². The first kappa shape index (κ1) is 11.9. The summed E-state index contributed by atoms with van der Waals surface area (Å²) in [7, 11) is 3.63. The number of benzene rings is 1. The van der Waals surface area contributed by atoms with Crippen LogP contribution in [0.3, 0.4) is 0 Å². The van der Waals surface area contributed by atoms with Gasteiger partial charge < -0.3 is 10.5 Å². The van der Waals surface area contributed by atoms with Crippen LogP contribution in [0.15, 0.2) is 23.1 Å². The summed E-state index contributed by atoms with van der Waals surface area (Å²) in [6.45, 7) is 0. The van der Waals surface area contributed by atoms with E-state index in [2.05, 4.69) is 5.43 Å². The minimum atomic E-state index is -0.913. The molecule has 0 spiro atoms. The van der Waals surface area contributed by atoms with Crippen LogP contribution in [0, 0.1) is 0 Å². The Labute approximate surface area is 93.2 Å². The summed E-state index contributed by atoms with van der Waals surface area (Å²) in [6, 6.07) is 5.39. The van der Waals surface area contributed by atoms with Gasteiger partial charge in [-0.15, -0.1) is 11.8 Å². The van der Waals surface area contributed by atoms with Crippen LogP contribution in [0.2, 0.25) is 0 Å². The lowest BCUT2D eigenvalue weighted by atomic mass is 10.2. The highest BCUT2D eigenvalue weighted by molar-refractivity contribution is 7.98. The van der Waals surface area contributed by atoms with Crippen LogP contribution in [0.4, 0.5) is 5.69 Å². The Morgan fingerprint density at radius 1 is 1.47 bits per heavy atom. The molecule has 5 heteroatoms. The summed E-state index contributed by atoms with van der Waals surface area (Å²) in [4.78, 5) is 11.9. The number of carbonyl (C=O) groups is 1. The lowest BCUT2D eigenvalue weighted by Gasteiger charge is -2.16. The second-order valence-electron chi connectivity index (χ2n) is 3.19. The van der Waals surface area contributed by atoms with Crippen LogP contribution < -0.4 is 5.43 Å². The first-order valence-electron chi connectivity index (χ1n) is 4.40. The van der Waals surface area contributed by atoms with Gasteiger partial charge in [0.05, 0.1) is 11.3 Å². The Hall–Kier alpha value is -1.20. The molecule has 0 aliphatic rings. The van der Waals surface area contributed by atoms with E-state index >= 15 is 0 Å². The van der Waals surface area contributed by atoms with Crippen molar-refractivity contribution < 1.29 is 9.90 Å². The van der Waals surface area contributed by atoms with Crippen LogP contribution in [-0.2, 0) is 0 Å². The molecule has 0 saturated carbocycles. The smallest absolute Gasteiger partial charge is 0.339 e. The van der Waals surface area contributed by atoms with Gasteiger partial charge in [0.25, 0.3) is 0 Å². The highest BCUT2D eigenvalue weighted by Gasteiger charge is 2.14. The van der Waals surface area contributed by atoms with Gasteiger partial charge in [-0.3, -0.25) is 0 Å². The minimum absolute atomic E-state index is 0.318. The monoisotopic (exact) mass is 226 g/mol. The lowest BCUT2D eigenvalue weighted by Crippen LogP contribution is -2.21. The zero-order valence-corrected chi connectivity index (χ0v) is 9.76. The lowest BCUT2D eigenvalue weighted by molar-refractivity contribution is 0.0694. The van der Waals surface area contributed by atoms with Crippen molar-refractivity contribution >= 4 is 23.4 Å². The van der Waals surface area contributed by atoms with Crippen LogP contribution >= 0.6 is 11.8 Å². The Balaban J connectivity index is 3.19. The molecule has 1 rings (SSSR count). The van der Waals surface area contributed by atoms with E-state index in [1.165, 1.54) is 11.8 Å². The molecule has 0 atom stereocenters. The maximum Gasteiger partial charge on any atom is 0.339 e. The second kappa shape index (κ2) is 5.04. The summed E-state index contributed by atoms with van der Waals surface area (Å²) in [5.41, 5.74) is 3.90. The molecule has 4 nitrogen and oxygen atoms in total. The first-order chi connectivity index (χ1) is 7.06. The summed E-state index contributed by atoms with van der Waals surface area (Å²) in [5, 5.41) is 10.8. The summed E-state index contributed by atoms with van der Waals surface area (Å²) >= 11 is 1.43. The van der Waals surface area contributed by atoms with Crippen molar-refractivity contribution in [3.8, 4) is 0 Å². The standard InChI is InChI=1S/C10H14N2O2S/c1-12(2)11-7-5-4-6-8(15-3)9(7)10(13)14/h4-6,11H,1-3H3,(H,13,14). The van der Waals surface area contributed by atoms with Crippen LogP contribution in [0.1, 0.15) is 10.4 Å². The SMILES string of the molecule is CSc1cccc(NN(C)C)c1C(=O)O. The molecule has 1 aromatic carbocycles. The molecule has 0 aliphatic carbocycles. The van der Waals surface area contributed by atoms with Crippen molar-refractivity contribution in [3.05, 3.63) is 23.8 Å². The van der Waals surface area contributed by atoms with Gasteiger partial charge in [-0.2, -0.15) is 0 Å². The fourth-order valence-electron chi connectivity index (χ4n) is 1.26. The Morgan fingerprint density at radius 2 is 2.13 bits per heavy atom. The molecule has 0 unspecified atom stereocenters. The van der Waals surface area contributed by atoms with Crippen molar-refractivity contribution in [3.63, 3.8) is 0 Å². The maximum absolute atomic E-state index is 11.1. The molecule has 0 fully saturated rings. The van der Waals surface area contributed by atoms with E-state index in [1.54, 1.807) is 17.1 Å². The molecule has 2 N–H and O–H groups in total. The number of carboxylic acids is 1. The second-order valence-corrected chi connectivity index (χ2v) is 4.04. The Kier molecular flexibility index (Phi) is 3.99. The number of hydrazine groups is 1. The topological polar surface area (TPSA) is 52.6 Å². The van der Waals surface area contributed by atoms with Gasteiger partial charge >= 0.3 is 5.97 Å². The Morgan fingerprint density at radius 3 is 2.60 bits per heavy atom.